The molecule has 0 aliphatic rings. The number of hydrogen-bond donors (Lipinski definition) is 2. The van der Waals surface area contributed by atoms with Crippen LogP contribution >= 0.6 is 11.6 Å². The number of rotatable bonds is 6. The van der Waals surface area contributed by atoms with Crippen molar-refractivity contribution in [2.45, 2.75) is 0 Å². The number of carbonyl (C=O) groups is 2. The number of anilines is 2. The summed E-state index contributed by atoms with van der Waals surface area (Å²) in [6.07, 6.45) is 1.25. The highest BCUT2D eigenvalue weighted by molar-refractivity contribution is 6.32. The monoisotopic (exact) mass is 385 g/mol. The number of amides is 1. The third-order valence-electron chi connectivity index (χ3n) is 3.44. The molecule has 0 aliphatic heterocycles. The van der Waals surface area contributed by atoms with E-state index in [9.17, 15) is 14.9 Å². The minimum Gasteiger partial charge on any atom is -0.495 e. The van der Waals surface area contributed by atoms with Crippen LogP contribution in [0.15, 0.2) is 54.2 Å². The Morgan fingerprint density at radius 2 is 1.93 bits per heavy atom. The molecule has 1 amide bonds. The van der Waals surface area contributed by atoms with Gasteiger partial charge in [-0.1, -0.05) is 17.7 Å². The molecule has 2 aromatic rings. The summed E-state index contributed by atoms with van der Waals surface area (Å²) < 4.78 is 9.69. The predicted molar refractivity (Wildman–Crippen MR) is 102 cm³/mol. The molecule has 2 aromatic carbocycles. The van der Waals surface area contributed by atoms with Crippen molar-refractivity contribution in [3.05, 3.63) is 64.8 Å². The fraction of sp³-hybridized carbons (Fsp3) is 0.105. The van der Waals surface area contributed by atoms with Crippen LogP contribution in [0, 0.1) is 11.3 Å². The topological polar surface area (TPSA) is 100 Å². The summed E-state index contributed by atoms with van der Waals surface area (Å²) in [6, 6.07) is 13.0. The minimum absolute atomic E-state index is 0.162. The van der Waals surface area contributed by atoms with Crippen molar-refractivity contribution in [1.82, 2.24) is 0 Å². The maximum absolute atomic E-state index is 12.3. The number of halogens is 1. The smallest absolute Gasteiger partial charge is 0.337 e. The number of esters is 1. The van der Waals surface area contributed by atoms with Gasteiger partial charge in [0.25, 0.3) is 5.91 Å². The number of nitrogens with one attached hydrogen (secondary N) is 2. The van der Waals surface area contributed by atoms with Gasteiger partial charge in [-0.15, -0.1) is 0 Å². The molecule has 0 bridgehead atoms. The normalized spacial score (nSPS) is 10.5. The zero-order valence-electron chi connectivity index (χ0n) is 14.6. The molecule has 27 heavy (non-hydrogen) atoms. The molecule has 138 valence electrons. The summed E-state index contributed by atoms with van der Waals surface area (Å²) >= 11 is 6.01. The maximum atomic E-state index is 12.3. The first-order valence-corrected chi connectivity index (χ1v) is 8.06. The van der Waals surface area contributed by atoms with Gasteiger partial charge < -0.3 is 20.1 Å². The summed E-state index contributed by atoms with van der Waals surface area (Å²) in [5, 5.41) is 14.9. The van der Waals surface area contributed by atoms with Gasteiger partial charge in [-0.2, -0.15) is 5.26 Å². The van der Waals surface area contributed by atoms with Crippen LogP contribution in [-0.4, -0.2) is 26.1 Å². The van der Waals surface area contributed by atoms with Crippen molar-refractivity contribution in [3.63, 3.8) is 0 Å². The van der Waals surface area contributed by atoms with E-state index in [0.29, 0.717) is 27.7 Å². The first-order valence-electron chi connectivity index (χ1n) is 7.68. The zero-order chi connectivity index (χ0) is 19.8. The van der Waals surface area contributed by atoms with Crippen molar-refractivity contribution in [2.24, 2.45) is 0 Å². The average Bonchev–Trinajstić information content (AvgIpc) is 2.68. The molecule has 7 nitrogen and oxygen atoms in total. The van der Waals surface area contributed by atoms with Gasteiger partial charge in [-0.3, -0.25) is 4.79 Å². The van der Waals surface area contributed by atoms with Gasteiger partial charge in [0.05, 0.1) is 24.8 Å². The first kappa shape index (κ1) is 19.8. The molecular weight excluding hydrogens is 370 g/mol. The molecule has 8 heteroatoms. The Labute approximate surface area is 161 Å². The van der Waals surface area contributed by atoms with E-state index in [0.717, 1.165) is 0 Å². The van der Waals surface area contributed by atoms with Crippen molar-refractivity contribution in [2.75, 3.05) is 24.9 Å². The molecule has 0 heterocycles. The van der Waals surface area contributed by atoms with E-state index in [1.807, 2.05) is 6.07 Å². The average molecular weight is 386 g/mol. The second kappa shape index (κ2) is 9.27. The summed E-state index contributed by atoms with van der Waals surface area (Å²) in [7, 11) is 2.77. The highest BCUT2D eigenvalue weighted by Gasteiger charge is 2.11. The van der Waals surface area contributed by atoms with Crippen molar-refractivity contribution in [3.8, 4) is 11.8 Å². The Morgan fingerprint density at radius 3 is 2.56 bits per heavy atom. The number of nitrogens with zero attached hydrogens (tertiary/aromatic N) is 1. The molecule has 0 aliphatic carbocycles. The lowest BCUT2D eigenvalue weighted by molar-refractivity contribution is -0.112. The van der Waals surface area contributed by atoms with Gasteiger partial charge in [0.1, 0.15) is 17.4 Å². The van der Waals surface area contributed by atoms with E-state index in [4.69, 9.17) is 16.3 Å². The predicted octanol–water partition coefficient (Wildman–Crippen LogP) is 3.59. The van der Waals surface area contributed by atoms with Crippen molar-refractivity contribution in [1.29, 1.82) is 5.26 Å². The quantitative estimate of drug-likeness (QED) is 0.447. The first-order chi connectivity index (χ1) is 13.0. The van der Waals surface area contributed by atoms with Crippen LogP contribution in [-0.2, 0) is 9.53 Å². The van der Waals surface area contributed by atoms with Gasteiger partial charge in [0, 0.05) is 17.6 Å². The second-order valence-corrected chi connectivity index (χ2v) is 5.60. The van der Waals surface area contributed by atoms with E-state index in [1.54, 1.807) is 36.4 Å². The minimum atomic E-state index is -0.615. The van der Waals surface area contributed by atoms with E-state index < -0.39 is 11.9 Å². The Kier molecular flexibility index (Phi) is 6.80. The maximum Gasteiger partial charge on any atom is 0.337 e. The summed E-state index contributed by atoms with van der Waals surface area (Å²) in [6.45, 7) is 0. The Morgan fingerprint density at radius 1 is 1.15 bits per heavy atom. The highest BCUT2D eigenvalue weighted by Crippen LogP contribution is 2.27. The number of ether oxygens (including phenoxy) is 2. The zero-order valence-corrected chi connectivity index (χ0v) is 15.3. The van der Waals surface area contributed by atoms with Crippen LogP contribution in [0.4, 0.5) is 11.4 Å². The summed E-state index contributed by atoms with van der Waals surface area (Å²) in [5.41, 5.74) is 1.11. The van der Waals surface area contributed by atoms with Crippen molar-refractivity contribution >= 4 is 34.9 Å². The molecular formula is C19H16ClN3O4. The summed E-state index contributed by atoms with van der Waals surface area (Å²) in [5.74, 6) is -0.634. The highest BCUT2D eigenvalue weighted by atomic mass is 35.5. The standard InChI is InChI=1S/C19H16ClN3O4/c1-26-17-7-6-15(9-16(17)20)23-18(24)13(10-21)11-22-14-5-3-4-12(8-14)19(25)27-2/h3-9,11,22H,1-2H3,(H,23,24)/b13-11-. The van der Waals surface area contributed by atoms with E-state index in [1.165, 1.54) is 26.5 Å². The van der Waals surface area contributed by atoms with Gasteiger partial charge in [-0.05, 0) is 36.4 Å². The Hall–Kier alpha value is -3.50. The van der Waals surface area contributed by atoms with Crippen LogP contribution in [0.5, 0.6) is 5.75 Å². The van der Waals surface area contributed by atoms with E-state index >= 15 is 0 Å². The largest absolute Gasteiger partial charge is 0.495 e. The SMILES string of the molecule is COC(=O)c1cccc(N/C=C(/C#N)C(=O)Nc2ccc(OC)c(Cl)c2)c1. The van der Waals surface area contributed by atoms with Gasteiger partial charge >= 0.3 is 5.97 Å². The Bertz CT molecular complexity index is 935. The molecule has 0 fully saturated rings. The lowest BCUT2D eigenvalue weighted by Gasteiger charge is -2.08. The number of carbonyl (C=O) groups excluding carboxylic acids is 2. The summed E-state index contributed by atoms with van der Waals surface area (Å²) in [4.78, 5) is 23.8. The van der Waals surface area contributed by atoms with Crippen LogP contribution in [0.25, 0.3) is 0 Å². The number of hydrogen-bond acceptors (Lipinski definition) is 6. The fourth-order valence-electron chi connectivity index (χ4n) is 2.10. The molecule has 0 radical (unpaired) electrons. The third-order valence-corrected chi connectivity index (χ3v) is 3.74. The molecule has 0 unspecified atom stereocenters. The number of nitriles is 1. The van der Waals surface area contributed by atoms with Gasteiger partial charge in [0.15, 0.2) is 0 Å². The molecule has 0 atom stereocenters. The molecule has 2 rings (SSSR count). The lowest BCUT2D eigenvalue weighted by atomic mass is 10.2. The molecule has 0 saturated carbocycles. The van der Waals surface area contributed by atoms with Crippen LogP contribution in [0.2, 0.25) is 5.02 Å². The molecule has 0 saturated heterocycles. The number of methoxy groups -OCH3 is 2. The lowest BCUT2D eigenvalue weighted by Crippen LogP contribution is -2.14. The molecule has 0 aromatic heterocycles. The number of benzene rings is 2. The van der Waals surface area contributed by atoms with E-state index in [-0.39, 0.29) is 5.57 Å². The Balaban J connectivity index is 2.11. The van der Waals surface area contributed by atoms with Crippen LogP contribution in [0.1, 0.15) is 10.4 Å². The van der Waals surface area contributed by atoms with Crippen molar-refractivity contribution < 1.29 is 19.1 Å². The molecule has 2 N–H and O–H groups in total. The van der Waals surface area contributed by atoms with E-state index in [2.05, 4.69) is 15.4 Å². The third kappa shape index (κ3) is 5.23. The van der Waals surface area contributed by atoms with Crippen LogP contribution in [0.3, 0.4) is 0 Å². The van der Waals surface area contributed by atoms with Gasteiger partial charge in [0.2, 0.25) is 0 Å². The van der Waals surface area contributed by atoms with Crippen LogP contribution < -0.4 is 15.4 Å². The fourth-order valence-corrected chi connectivity index (χ4v) is 2.36. The molecule has 0 spiro atoms. The van der Waals surface area contributed by atoms with Gasteiger partial charge in [-0.25, -0.2) is 4.79 Å². The second-order valence-electron chi connectivity index (χ2n) is 5.19.